The maximum atomic E-state index is 12.2. The highest BCUT2D eigenvalue weighted by Gasteiger charge is 2.07. The summed E-state index contributed by atoms with van der Waals surface area (Å²) in [5.74, 6) is 1.43. The monoisotopic (exact) mass is 287 g/mol. The first-order chi connectivity index (χ1) is 9.60. The van der Waals surface area contributed by atoms with E-state index in [1.54, 1.807) is 25.3 Å². The zero-order valence-corrected chi connectivity index (χ0v) is 11.7. The number of benzene rings is 1. The molecule has 2 N–H and O–H groups in total. The van der Waals surface area contributed by atoms with Gasteiger partial charge < -0.3 is 20.1 Å². The molecule has 0 fully saturated rings. The van der Waals surface area contributed by atoms with Gasteiger partial charge >= 0.3 is 0 Å². The van der Waals surface area contributed by atoms with Gasteiger partial charge in [-0.15, -0.1) is 0 Å². The molecule has 0 atom stereocenters. The van der Waals surface area contributed by atoms with E-state index >= 15 is 0 Å². The third-order valence-corrected chi connectivity index (χ3v) is 2.38. The lowest BCUT2D eigenvalue weighted by Crippen LogP contribution is -2.31. The van der Waals surface area contributed by atoms with Crippen molar-refractivity contribution in [2.75, 3.05) is 32.6 Å². The third kappa shape index (κ3) is 4.91. The molecule has 0 heterocycles. The fraction of sp³-hybridized carbons (Fsp3) is 0.462. The second kappa shape index (κ2) is 8.19. The molecule has 1 rings (SSSR count). The highest BCUT2D eigenvalue weighted by atomic mass is 19.3. The van der Waals surface area contributed by atoms with E-state index in [-0.39, 0.29) is 0 Å². The Balaban J connectivity index is 2.85. The normalized spacial score (nSPS) is 11.4. The maximum absolute atomic E-state index is 12.2. The number of aliphatic imine (C=N–C) groups is 1. The molecular formula is C13H19F2N3O2. The molecule has 0 saturated carbocycles. The number of methoxy groups -OCH3 is 2. The average molecular weight is 287 g/mol. The molecule has 1 aromatic rings. The molecule has 0 spiro atoms. The van der Waals surface area contributed by atoms with Crippen LogP contribution >= 0.6 is 0 Å². The first kappa shape index (κ1) is 16.0. The Hall–Kier alpha value is -2.05. The summed E-state index contributed by atoms with van der Waals surface area (Å²) in [6.45, 7) is 1.87. The lowest BCUT2D eigenvalue weighted by Gasteiger charge is -2.13. The van der Waals surface area contributed by atoms with E-state index in [0.717, 1.165) is 0 Å². The van der Waals surface area contributed by atoms with Gasteiger partial charge in [-0.05, 0) is 19.1 Å². The lowest BCUT2D eigenvalue weighted by atomic mass is 10.3. The van der Waals surface area contributed by atoms with Crippen molar-refractivity contribution in [3.63, 3.8) is 0 Å². The van der Waals surface area contributed by atoms with E-state index in [4.69, 9.17) is 9.47 Å². The van der Waals surface area contributed by atoms with Crippen molar-refractivity contribution < 1.29 is 18.3 Å². The van der Waals surface area contributed by atoms with Crippen LogP contribution in [0.15, 0.2) is 23.2 Å². The third-order valence-electron chi connectivity index (χ3n) is 2.38. The van der Waals surface area contributed by atoms with E-state index in [1.807, 2.05) is 6.92 Å². The van der Waals surface area contributed by atoms with Gasteiger partial charge in [-0.1, -0.05) is 0 Å². The second-order valence-electron chi connectivity index (χ2n) is 3.81. The van der Waals surface area contributed by atoms with Crippen molar-refractivity contribution in [3.05, 3.63) is 18.2 Å². The molecule has 0 bridgehead atoms. The van der Waals surface area contributed by atoms with Crippen LogP contribution in [0.5, 0.6) is 11.5 Å². The Morgan fingerprint density at radius 2 is 1.95 bits per heavy atom. The van der Waals surface area contributed by atoms with Gasteiger partial charge in [0.15, 0.2) is 17.5 Å². The highest BCUT2D eigenvalue weighted by molar-refractivity contribution is 5.93. The van der Waals surface area contributed by atoms with Crippen LogP contribution in [0.2, 0.25) is 0 Å². The van der Waals surface area contributed by atoms with Crippen molar-refractivity contribution >= 4 is 11.6 Å². The number of hydrogen-bond donors (Lipinski definition) is 2. The van der Waals surface area contributed by atoms with Gasteiger partial charge in [0.25, 0.3) is 6.43 Å². The molecule has 0 unspecified atom stereocenters. The van der Waals surface area contributed by atoms with Crippen molar-refractivity contribution in [2.45, 2.75) is 13.3 Å². The summed E-state index contributed by atoms with van der Waals surface area (Å²) in [7, 11) is 3.07. The van der Waals surface area contributed by atoms with E-state index in [1.165, 1.54) is 7.11 Å². The number of anilines is 1. The molecule has 0 saturated heterocycles. The Kier molecular flexibility index (Phi) is 6.55. The van der Waals surface area contributed by atoms with Gasteiger partial charge in [-0.25, -0.2) is 13.8 Å². The topological polar surface area (TPSA) is 54.9 Å². The minimum absolute atomic E-state index is 0.292. The van der Waals surface area contributed by atoms with Crippen LogP contribution in [0.25, 0.3) is 0 Å². The number of guanidine groups is 1. The van der Waals surface area contributed by atoms with Crippen LogP contribution in [0.1, 0.15) is 6.92 Å². The summed E-state index contributed by atoms with van der Waals surface area (Å²) in [4.78, 5) is 3.78. The van der Waals surface area contributed by atoms with Gasteiger partial charge in [0.2, 0.25) is 0 Å². The van der Waals surface area contributed by atoms with Crippen molar-refractivity contribution in [2.24, 2.45) is 4.99 Å². The van der Waals surface area contributed by atoms with E-state index in [0.29, 0.717) is 29.7 Å². The number of rotatable bonds is 6. The smallest absolute Gasteiger partial charge is 0.257 e. The molecular weight excluding hydrogens is 268 g/mol. The van der Waals surface area contributed by atoms with E-state index in [2.05, 4.69) is 15.6 Å². The second-order valence-corrected chi connectivity index (χ2v) is 3.81. The molecule has 0 radical (unpaired) electrons. The summed E-state index contributed by atoms with van der Waals surface area (Å²) < 4.78 is 34.7. The Bertz CT molecular complexity index is 453. The van der Waals surface area contributed by atoms with Gasteiger partial charge in [0, 0.05) is 18.3 Å². The van der Waals surface area contributed by atoms with Crippen molar-refractivity contribution in [1.29, 1.82) is 0 Å². The lowest BCUT2D eigenvalue weighted by molar-refractivity contribution is 0.158. The number of hydrogen-bond acceptors (Lipinski definition) is 3. The van der Waals surface area contributed by atoms with Crippen LogP contribution in [0.4, 0.5) is 14.5 Å². The zero-order chi connectivity index (χ0) is 15.0. The molecule has 7 heteroatoms. The molecule has 1 aromatic carbocycles. The van der Waals surface area contributed by atoms with Crippen LogP contribution in [0.3, 0.4) is 0 Å². The average Bonchev–Trinajstić information content (AvgIpc) is 2.44. The van der Waals surface area contributed by atoms with Crippen LogP contribution in [-0.2, 0) is 0 Å². The molecule has 0 aliphatic heterocycles. The molecule has 0 aliphatic rings. The first-order valence-corrected chi connectivity index (χ1v) is 6.16. The Morgan fingerprint density at radius 3 is 2.50 bits per heavy atom. The van der Waals surface area contributed by atoms with Crippen LogP contribution in [-0.4, -0.2) is 39.7 Å². The number of nitrogens with one attached hydrogen (secondary N) is 2. The standard InChI is InChI=1S/C13H19F2N3O2/c1-4-16-13(17-8-12(14)15)18-9-5-6-10(19-2)11(7-9)20-3/h5-7,12H,4,8H2,1-3H3,(H2,16,17,18). The summed E-state index contributed by atoms with van der Waals surface area (Å²) in [5.41, 5.74) is 0.664. The van der Waals surface area contributed by atoms with Crippen LogP contribution in [0, 0.1) is 0 Å². The maximum Gasteiger partial charge on any atom is 0.257 e. The zero-order valence-electron chi connectivity index (χ0n) is 11.7. The highest BCUT2D eigenvalue weighted by Crippen LogP contribution is 2.29. The van der Waals surface area contributed by atoms with Crippen molar-refractivity contribution in [1.82, 2.24) is 5.32 Å². The van der Waals surface area contributed by atoms with Gasteiger partial charge in [0.05, 0.1) is 14.2 Å². The first-order valence-electron chi connectivity index (χ1n) is 6.16. The summed E-state index contributed by atoms with van der Waals surface area (Å²) in [5, 5.41) is 5.82. The number of ether oxygens (including phenoxy) is 2. The number of alkyl halides is 2. The van der Waals surface area contributed by atoms with Gasteiger partial charge in [0.1, 0.15) is 6.54 Å². The Morgan fingerprint density at radius 1 is 1.25 bits per heavy atom. The molecule has 0 amide bonds. The fourth-order valence-corrected chi connectivity index (χ4v) is 1.52. The van der Waals surface area contributed by atoms with E-state index < -0.39 is 13.0 Å². The summed E-state index contributed by atoms with van der Waals surface area (Å²) in [6, 6.07) is 5.17. The predicted molar refractivity (Wildman–Crippen MR) is 75.2 cm³/mol. The summed E-state index contributed by atoms with van der Waals surface area (Å²) >= 11 is 0. The molecule has 112 valence electrons. The van der Waals surface area contributed by atoms with E-state index in [9.17, 15) is 8.78 Å². The molecule has 0 aromatic heterocycles. The predicted octanol–water partition coefficient (Wildman–Crippen LogP) is 2.35. The largest absolute Gasteiger partial charge is 0.493 e. The minimum atomic E-state index is -2.48. The quantitative estimate of drug-likeness (QED) is 0.623. The molecule has 20 heavy (non-hydrogen) atoms. The fourth-order valence-electron chi connectivity index (χ4n) is 1.52. The number of halogens is 2. The van der Waals surface area contributed by atoms with Crippen LogP contribution < -0.4 is 20.1 Å². The SMILES string of the molecule is CCNC(=NCC(F)F)Nc1ccc(OC)c(OC)c1. The van der Waals surface area contributed by atoms with Gasteiger partial charge in [-0.3, -0.25) is 0 Å². The van der Waals surface area contributed by atoms with Crippen molar-refractivity contribution in [3.8, 4) is 11.5 Å². The molecule has 5 nitrogen and oxygen atoms in total. The summed E-state index contributed by atoms with van der Waals surface area (Å²) in [6.07, 6.45) is -2.48. The number of nitrogens with zero attached hydrogens (tertiary/aromatic N) is 1. The van der Waals surface area contributed by atoms with Gasteiger partial charge in [-0.2, -0.15) is 0 Å². The molecule has 0 aliphatic carbocycles. The minimum Gasteiger partial charge on any atom is -0.493 e. The Labute approximate surface area is 117 Å².